The molecule has 0 saturated carbocycles. The normalized spacial score (nSPS) is 10.0. The van der Waals surface area contributed by atoms with E-state index in [9.17, 15) is 14.4 Å². The van der Waals surface area contributed by atoms with Gasteiger partial charge in [-0.05, 0) is 170 Å². The zero-order valence-electron chi connectivity index (χ0n) is 77.2. The van der Waals surface area contributed by atoms with Crippen LogP contribution in [0.3, 0.4) is 0 Å². The van der Waals surface area contributed by atoms with E-state index in [1.54, 1.807) is 39.9 Å². The van der Waals surface area contributed by atoms with Crippen LogP contribution >= 0.6 is 19.8 Å². The number of hydrogen-bond acceptors (Lipinski definition) is 17. The number of terminal acetylenes is 2. The molecule has 1 radical (unpaired) electrons. The molecule has 6 aromatic carbocycles. The number of nitrogens with zero attached hydrogens (tertiary/aromatic N) is 4. The number of halogens is 2. The van der Waals surface area contributed by atoms with E-state index in [2.05, 4.69) is 326 Å². The van der Waals surface area contributed by atoms with Crippen molar-refractivity contribution in [3.63, 3.8) is 0 Å². The summed E-state index contributed by atoms with van der Waals surface area (Å²) >= 11 is 4.40. The Balaban J connectivity index is -0.000000155. The number of hydrogen-bond donors (Lipinski definition) is 2. The van der Waals surface area contributed by atoms with E-state index in [1.165, 1.54) is 0 Å². The molecule has 0 amide bonds. The van der Waals surface area contributed by atoms with Crippen LogP contribution in [0.2, 0.25) is 0 Å². The van der Waals surface area contributed by atoms with Crippen LogP contribution in [-0.2, 0) is 106 Å². The van der Waals surface area contributed by atoms with Crippen molar-refractivity contribution in [2.45, 2.75) is 55.4 Å². The summed E-state index contributed by atoms with van der Waals surface area (Å²) in [5.41, 5.74) is 10.8. The van der Waals surface area contributed by atoms with E-state index in [0.717, 1.165) is 57.9 Å². The van der Waals surface area contributed by atoms with Crippen LogP contribution in [-0.4, -0.2) is 140 Å². The summed E-state index contributed by atoms with van der Waals surface area (Å²) in [4.78, 5) is 95.1. The van der Waals surface area contributed by atoms with Crippen LogP contribution in [0.15, 0.2) is 241 Å². The zero-order valence-corrected chi connectivity index (χ0v) is 86.7. The molecule has 0 aromatic heterocycles. The van der Waals surface area contributed by atoms with Gasteiger partial charge in [-0.3, -0.25) is 55.1 Å². The first-order valence-corrected chi connectivity index (χ1v) is 42.1. The Labute approximate surface area is 875 Å². The number of allylic oxidation sites excluding steroid dienone is 10. The Bertz CT molecular complexity index is 5830. The number of ketones is 3. The summed E-state index contributed by atoms with van der Waals surface area (Å²) in [6.07, 6.45) is 25.9. The first kappa shape index (κ1) is 144. The molecule has 6 aromatic rings. The van der Waals surface area contributed by atoms with E-state index in [4.69, 9.17) is 61.3 Å². The summed E-state index contributed by atoms with van der Waals surface area (Å²) in [7, 11) is 8.22. The third kappa shape index (κ3) is 56.5. The van der Waals surface area contributed by atoms with Gasteiger partial charge in [0.1, 0.15) is 24.4 Å². The molecule has 0 bridgehead atoms. The Morgan fingerprint density at radius 3 is 0.715 bits per heavy atom. The van der Waals surface area contributed by atoms with Crippen molar-refractivity contribution in [2.75, 3.05) is 41.5 Å². The van der Waals surface area contributed by atoms with E-state index in [0.29, 0.717) is 56.1 Å². The quantitative estimate of drug-likeness (QED) is 0.0471. The summed E-state index contributed by atoms with van der Waals surface area (Å²) < 4.78 is 11.3. The molecule has 5 aliphatic rings. The number of ether oxygens (including phenoxy) is 2. The van der Waals surface area contributed by atoms with Gasteiger partial charge in [-0.2, -0.15) is 0 Å². The van der Waals surface area contributed by atoms with Crippen LogP contribution in [0.4, 0.5) is 0 Å². The Morgan fingerprint density at radius 1 is 0.328 bits per heavy atom. The number of carbonyl (C=O) groups excluding carboxylic acids is 9. The molecule has 0 saturated heterocycles. The molecular weight excluding hydrogens is 2210 g/mol. The minimum absolute atomic E-state index is 0. The number of aliphatic hydroxyl groups is 2. The number of carbonyl (C=O) groups is 3. The van der Waals surface area contributed by atoms with Gasteiger partial charge >= 0.3 is 73.5 Å². The number of Topliss-reactive ketones (excluding diaryl/α,β-unsaturated/α-hetero) is 3. The van der Waals surface area contributed by atoms with Crippen LogP contribution in [0, 0.1) is 230 Å². The van der Waals surface area contributed by atoms with Gasteiger partial charge < -0.3 is 118 Å². The zero-order chi connectivity index (χ0) is 98.3. The van der Waals surface area contributed by atoms with Crippen LogP contribution in [0.5, 0.6) is 0 Å². The van der Waals surface area contributed by atoms with Crippen molar-refractivity contribution in [3.8, 4) is 215 Å². The fraction of sp³-hybridized carbons (Fsp3) is 0.124. The molecule has 0 atom stereocenters. The first-order valence-electron chi connectivity index (χ1n) is 37.0. The van der Waals surface area contributed by atoms with Crippen molar-refractivity contribution in [1.82, 2.24) is 19.6 Å². The molecule has 0 fully saturated rings. The van der Waals surface area contributed by atoms with E-state index in [-0.39, 0.29) is 106 Å². The predicted molar refractivity (Wildman–Crippen MR) is 542 cm³/mol. The van der Waals surface area contributed by atoms with Crippen molar-refractivity contribution in [1.29, 1.82) is 0 Å². The minimum atomic E-state index is -0.126. The number of aliphatic hydroxyl groups excluding tert-OH is 2. The molecule has 11 rings (SSSR count). The van der Waals surface area contributed by atoms with Crippen molar-refractivity contribution >= 4 is 111 Å². The molecule has 0 unspecified atom stereocenters. The second-order valence-corrected chi connectivity index (χ2v) is 22.9. The molecule has 137 heavy (non-hydrogen) atoms. The summed E-state index contributed by atoms with van der Waals surface area (Å²) in [5.74, 6) is 77.0. The van der Waals surface area contributed by atoms with Gasteiger partial charge in [0.15, 0.2) is 28.9 Å². The predicted octanol–water partition coefficient (Wildman–Crippen LogP) is 10.5. The maximum atomic E-state index is 13.6. The average molecular weight is 2310 g/mol. The van der Waals surface area contributed by atoms with Crippen molar-refractivity contribution in [3.05, 3.63) is 289 Å². The van der Waals surface area contributed by atoms with Crippen molar-refractivity contribution in [2.24, 2.45) is 0 Å². The Hall–Kier alpha value is -16.0. The van der Waals surface area contributed by atoms with Crippen LogP contribution < -0.4 is 24.0 Å². The molecule has 2 heterocycles. The maximum absolute atomic E-state index is 13.6. The fourth-order valence-electron chi connectivity index (χ4n) is 10.3. The van der Waals surface area contributed by atoms with Gasteiger partial charge in [0, 0.05) is 134 Å². The van der Waals surface area contributed by atoms with E-state index in [1.807, 2.05) is 222 Å². The van der Waals surface area contributed by atoms with Gasteiger partial charge in [0.2, 0.25) is 0 Å². The van der Waals surface area contributed by atoms with E-state index < -0.39 is 0 Å². The van der Waals surface area contributed by atoms with Gasteiger partial charge in [-0.25, -0.2) is 0 Å². The Morgan fingerprint density at radius 2 is 0.518 bits per heavy atom. The topological polar surface area (TPSA) is 289 Å². The average Bonchev–Trinajstić information content (AvgIpc) is 1.76. The summed E-state index contributed by atoms with van der Waals surface area (Å²) in [6, 6.07) is 57.0. The number of rotatable bonds is 8. The second-order valence-electron chi connectivity index (χ2n) is 22.9. The van der Waals surface area contributed by atoms with Crippen LogP contribution in [0.25, 0.3) is 33.4 Å². The monoisotopic (exact) mass is 2310 g/mol. The third-order valence-corrected chi connectivity index (χ3v) is 15.0. The molecule has 19 nitrogen and oxygen atoms in total. The SMILES string of the molecule is C#CC#CC#CO.C#CC#CC#CO.CC.CC#CC#CC#CC1=C(c2ccccc2)C(=O)C(c2ccccc2)=C1C#CC#CC#CC.CC#CC#CC#COC1=C(c2ccccc2)C(=O)C(c2ccccc2)=C1C.CC#CC#CC#COC1=C(c2ccccc2)C(=O)C(c2ccccc2)=C1C.CN1C=CN(C)C1.CN1C=CN(C)C1.O.O.[CH-]=O.[CH-]=O.[CH-]=O.[CH-]=O.[CH-]=O.[CH-]=O.[CH3-].[CH3-].[I-].[Ru+2].[Ru+3].[Ru+3][I]. The number of benzene rings is 6. The van der Waals surface area contributed by atoms with Crippen molar-refractivity contribution < 1.29 is 152 Å². The fourth-order valence-corrected chi connectivity index (χ4v) is 10.3. The van der Waals surface area contributed by atoms with Gasteiger partial charge in [0.05, 0.1) is 35.6 Å². The molecule has 3 aliphatic carbocycles. The summed E-state index contributed by atoms with van der Waals surface area (Å²) in [6.45, 7) is 36.1. The van der Waals surface area contributed by atoms with Gasteiger partial charge in [-0.1, -0.05) is 231 Å². The summed E-state index contributed by atoms with van der Waals surface area (Å²) in [5, 5.41) is 15.5. The van der Waals surface area contributed by atoms with Crippen LogP contribution in [0.1, 0.15) is 88.8 Å². The molecular formula is C113H94I2N4O15Ru3-. The Kier molecular flexibility index (Phi) is 104. The standard InChI is InChI=1S/C31H16O.2C25H16O2.2C6H2O.2C5H10N2.C2H6.6CHO.2CH3.2HI.2H2O.3Ru/c1-3-5-7-9-17-23-27-28(24-18-10-8-6-4-2)30(26-21-15-12-16-22-26)31(32)29(27)25-19-13-11-14-20-25;2*1-3-4-5-6-13-18-27-25-19(2)22(20-14-9-7-10-15-20)24(26)23(25)21-16-11-8-12-17-21;2*1-2-3-4-5-6-7;2*1-6-3-4-7(2)5-6;7*1-2;;;;;;;;;/h11-16,19-22H,1-2H3;2*7-12,14-17H,1-2H3;2*1,7H;2*3-4H,5H2,1-2H3;1-2H3;6*1H;2*1H3;2*1H;2*1H2;;;/q;;;;;;;;8*-1;;;;;+2;+3;+4/p-2. The molecule has 695 valence electrons. The van der Waals surface area contributed by atoms with Gasteiger partial charge in [-0.15, -0.1) is 12.8 Å². The second kappa shape index (κ2) is 99.0. The van der Waals surface area contributed by atoms with E-state index >= 15 is 0 Å². The molecule has 2 aliphatic heterocycles. The third-order valence-electron chi connectivity index (χ3n) is 15.0. The molecule has 24 heteroatoms. The molecule has 6 N–H and O–H groups in total. The van der Waals surface area contributed by atoms with Gasteiger partial charge in [0.25, 0.3) is 0 Å². The molecule has 0 spiro atoms. The first-order chi connectivity index (χ1) is 63.7.